The van der Waals surface area contributed by atoms with Crippen molar-refractivity contribution in [2.75, 3.05) is 0 Å². The van der Waals surface area contributed by atoms with Gasteiger partial charge in [-0.25, -0.2) is 14.8 Å². The zero-order valence-corrected chi connectivity index (χ0v) is 18.3. The molecule has 0 fully saturated rings. The molecule has 0 bridgehead atoms. The van der Waals surface area contributed by atoms with E-state index in [4.69, 9.17) is 0 Å². The standard InChI is InChI=1S/C23H26N8O/c1-3-5-6-7-21-25-23(20(32)4-2)28-31(21)15-16-8-10-17(11-9-16)18-12-13-24-14-19(18)22-26-29-30-27-22/h8-14H,3-7,15H2,1-2H3,(H,26,27,29,30). The highest BCUT2D eigenvalue weighted by Crippen LogP contribution is 2.29. The van der Waals surface area contributed by atoms with Crippen molar-refractivity contribution in [3.05, 3.63) is 59.9 Å². The van der Waals surface area contributed by atoms with Crippen LogP contribution in [0, 0.1) is 0 Å². The van der Waals surface area contributed by atoms with E-state index in [-0.39, 0.29) is 5.78 Å². The number of benzene rings is 1. The molecule has 0 spiro atoms. The van der Waals surface area contributed by atoms with Crippen LogP contribution in [-0.2, 0) is 13.0 Å². The first-order valence-electron chi connectivity index (χ1n) is 10.9. The molecule has 0 radical (unpaired) electrons. The van der Waals surface area contributed by atoms with Crippen LogP contribution in [-0.4, -0.2) is 46.2 Å². The van der Waals surface area contributed by atoms with Gasteiger partial charge in [-0.1, -0.05) is 51.0 Å². The maximum absolute atomic E-state index is 12.1. The van der Waals surface area contributed by atoms with Gasteiger partial charge in [0, 0.05) is 30.8 Å². The van der Waals surface area contributed by atoms with Gasteiger partial charge in [0.15, 0.2) is 5.82 Å². The Morgan fingerprint density at radius 3 is 2.62 bits per heavy atom. The van der Waals surface area contributed by atoms with Crippen LogP contribution in [0.15, 0.2) is 42.7 Å². The number of H-pyrrole nitrogens is 1. The van der Waals surface area contributed by atoms with Crippen LogP contribution in [0.5, 0.6) is 0 Å². The van der Waals surface area contributed by atoms with Crippen molar-refractivity contribution >= 4 is 5.78 Å². The molecule has 1 N–H and O–H groups in total. The smallest absolute Gasteiger partial charge is 0.217 e. The molecule has 9 nitrogen and oxygen atoms in total. The number of carbonyl (C=O) groups excluding carboxylic acids is 1. The van der Waals surface area contributed by atoms with Crippen molar-refractivity contribution < 1.29 is 4.79 Å². The molecule has 0 saturated heterocycles. The number of nitrogens with zero attached hydrogens (tertiary/aromatic N) is 7. The second kappa shape index (κ2) is 10.0. The van der Waals surface area contributed by atoms with E-state index in [9.17, 15) is 4.79 Å². The van der Waals surface area contributed by atoms with E-state index < -0.39 is 0 Å². The van der Waals surface area contributed by atoms with Gasteiger partial charge in [-0.05, 0) is 39.6 Å². The zero-order chi connectivity index (χ0) is 22.3. The molecule has 164 valence electrons. The van der Waals surface area contributed by atoms with Crippen molar-refractivity contribution in [3.8, 4) is 22.5 Å². The number of nitrogens with one attached hydrogen (secondary N) is 1. The summed E-state index contributed by atoms with van der Waals surface area (Å²) in [6.07, 6.45) is 8.03. The molecular formula is C23H26N8O. The Hall–Kier alpha value is -3.75. The van der Waals surface area contributed by atoms with Crippen LogP contribution in [0.1, 0.15) is 61.5 Å². The van der Waals surface area contributed by atoms with Crippen molar-refractivity contribution in [3.63, 3.8) is 0 Å². The largest absolute Gasteiger partial charge is 0.291 e. The Bertz CT molecular complexity index is 1170. The first kappa shape index (κ1) is 21.5. The Morgan fingerprint density at radius 2 is 1.91 bits per heavy atom. The van der Waals surface area contributed by atoms with Gasteiger partial charge in [-0.3, -0.25) is 9.78 Å². The summed E-state index contributed by atoms with van der Waals surface area (Å²) in [5.74, 6) is 1.74. The molecular weight excluding hydrogens is 404 g/mol. The van der Waals surface area contributed by atoms with E-state index in [1.165, 1.54) is 0 Å². The first-order chi connectivity index (χ1) is 15.7. The van der Waals surface area contributed by atoms with Gasteiger partial charge in [-0.15, -0.1) is 10.2 Å². The van der Waals surface area contributed by atoms with Gasteiger partial charge >= 0.3 is 0 Å². The monoisotopic (exact) mass is 430 g/mol. The Labute approximate surface area is 186 Å². The van der Waals surface area contributed by atoms with Crippen molar-refractivity contribution in [2.24, 2.45) is 0 Å². The average molecular weight is 431 g/mol. The number of ketones is 1. The van der Waals surface area contributed by atoms with E-state index >= 15 is 0 Å². The van der Waals surface area contributed by atoms with Gasteiger partial charge in [0.25, 0.3) is 0 Å². The Balaban J connectivity index is 1.57. The molecule has 0 aliphatic carbocycles. The number of tetrazole rings is 1. The third-order valence-electron chi connectivity index (χ3n) is 5.34. The van der Waals surface area contributed by atoms with E-state index in [1.807, 2.05) is 17.7 Å². The lowest BCUT2D eigenvalue weighted by molar-refractivity contribution is 0.0978. The highest BCUT2D eigenvalue weighted by molar-refractivity contribution is 5.92. The molecule has 0 aliphatic heterocycles. The molecule has 0 atom stereocenters. The van der Waals surface area contributed by atoms with Crippen molar-refractivity contribution in [1.29, 1.82) is 0 Å². The zero-order valence-electron chi connectivity index (χ0n) is 18.3. The number of Topliss-reactive ketones (excluding diaryl/α,β-unsaturated/α-hetero) is 1. The molecule has 32 heavy (non-hydrogen) atoms. The Morgan fingerprint density at radius 1 is 1.06 bits per heavy atom. The van der Waals surface area contributed by atoms with Gasteiger partial charge < -0.3 is 0 Å². The highest BCUT2D eigenvalue weighted by atomic mass is 16.1. The number of hydrogen-bond acceptors (Lipinski definition) is 7. The second-order valence-corrected chi connectivity index (χ2v) is 7.61. The summed E-state index contributed by atoms with van der Waals surface area (Å²) in [6, 6.07) is 10.2. The fourth-order valence-corrected chi connectivity index (χ4v) is 3.57. The van der Waals surface area contributed by atoms with E-state index in [2.05, 4.69) is 66.9 Å². The molecule has 4 aromatic rings. The van der Waals surface area contributed by atoms with Gasteiger partial charge in [0.1, 0.15) is 5.82 Å². The Kier molecular flexibility index (Phi) is 6.74. The maximum Gasteiger partial charge on any atom is 0.217 e. The fourth-order valence-electron chi connectivity index (χ4n) is 3.57. The maximum atomic E-state index is 12.1. The van der Waals surface area contributed by atoms with E-state index in [0.29, 0.717) is 24.6 Å². The number of unbranched alkanes of at least 4 members (excludes halogenated alkanes) is 2. The lowest BCUT2D eigenvalue weighted by atomic mass is 10.00. The van der Waals surface area contributed by atoms with Crippen LogP contribution >= 0.6 is 0 Å². The van der Waals surface area contributed by atoms with Crippen LogP contribution < -0.4 is 0 Å². The van der Waals surface area contributed by atoms with Gasteiger partial charge in [0.2, 0.25) is 11.6 Å². The molecule has 0 aliphatic rings. The summed E-state index contributed by atoms with van der Waals surface area (Å²) in [4.78, 5) is 20.9. The molecule has 0 saturated carbocycles. The molecule has 3 heterocycles. The number of aromatic nitrogens is 8. The first-order valence-corrected chi connectivity index (χ1v) is 10.9. The third kappa shape index (κ3) is 4.77. The minimum absolute atomic E-state index is 0.0250. The molecule has 3 aromatic heterocycles. The molecule has 0 amide bonds. The lowest BCUT2D eigenvalue weighted by Crippen LogP contribution is -2.08. The topological polar surface area (TPSA) is 115 Å². The number of aryl methyl sites for hydroxylation is 1. The van der Waals surface area contributed by atoms with E-state index in [0.717, 1.165) is 53.8 Å². The van der Waals surface area contributed by atoms with Gasteiger partial charge in [-0.2, -0.15) is 0 Å². The normalized spacial score (nSPS) is 11.1. The van der Waals surface area contributed by atoms with Crippen molar-refractivity contribution in [1.82, 2.24) is 40.4 Å². The third-order valence-corrected chi connectivity index (χ3v) is 5.34. The quantitative estimate of drug-likeness (QED) is 0.300. The van der Waals surface area contributed by atoms with E-state index in [1.54, 1.807) is 12.4 Å². The van der Waals surface area contributed by atoms with Crippen LogP contribution in [0.25, 0.3) is 22.5 Å². The summed E-state index contributed by atoms with van der Waals surface area (Å²) >= 11 is 0. The molecule has 1 aromatic carbocycles. The van der Waals surface area contributed by atoms with Gasteiger partial charge in [0.05, 0.1) is 6.54 Å². The predicted molar refractivity (Wildman–Crippen MR) is 120 cm³/mol. The molecule has 0 unspecified atom stereocenters. The second-order valence-electron chi connectivity index (χ2n) is 7.61. The van der Waals surface area contributed by atoms with Crippen LogP contribution in [0.2, 0.25) is 0 Å². The summed E-state index contributed by atoms with van der Waals surface area (Å²) in [6.45, 7) is 4.58. The van der Waals surface area contributed by atoms with Crippen LogP contribution in [0.3, 0.4) is 0 Å². The number of aromatic amines is 1. The number of carbonyl (C=O) groups is 1. The lowest BCUT2D eigenvalue weighted by Gasteiger charge is -2.09. The fraction of sp³-hybridized carbons (Fsp3) is 0.348. The SMILES string of the molecule is CCCCCc1nc(C(=O)CC)nn1Cc1ccc(-c2ccncc2-c2nnn[nH]2)cc1. The summed E-state index contributed by atoms with van der Waals surface area (Å²) in [5, 5.41) is 18.6. The minimum atomic E-state index is -0.0250. The van der Waals surface area contributed by atoms with Crippen LogP contribution in [0.4, 0.5) is 0 Å². The predicted octanol–water partition coefficient (Wildman–Crippen LogP) is 3.89. The summed E-state index contributed by atoms with van der Waals surface area (Å²) < 4.78 is 1.87. The molecule has 4 rings (SSSR count). The number of rotatable bonds is 10. The summed E-state index contributed by atoms with van der Waals surface area (Å²) in [7, 11) is 0. The number of hydrogen-bond donors (Lipinski definition) is 1. The van der Waals surface area contributed by atoms with Crippen molar-refractivity contribution in [2.45, 2.75) is 52.5 Å². The molecule has 9 heteroatoms. The average Bonchev–Trinajstić information content (AvgIpc) is 3.50. The summed E-state index contributed by atoms with van der Waals surface area (Å²) in [5.41, 5.74) is 3.94. The highest BCUT2D eigenvalue weighted by Gasteiger charge is 2.15. The number of pyridine rings is 1. The minimum Gasteiger partial charge on any atom is -0.291 e.